The summed E-state index contributed by atoms with van der Waals surface area (Å²) in [6.45, 7) is 1.99. The minimum Gasteiger partial charge on any atom is -0.300 e. The molecule has 0 amide bonds. The Bertz CT molecular complexity index is 983. The van der Waals surface area contributed by atoms with Crippen LogP contribution in [0.2, 0.25) is 0 Å². The standard InChI is InChI=1S/C18H19N5O3/c1-2-14-15-17(22(21-14)12-5-3-4-6-12)19-16(20-18(15)24)11-7-9-13(10-8-11)23(25)26/h7-10,12,21H,2-6H2,1H3. The summed E-state index contributed by atoms with van der Waals surface area (Å²) >= 11 is 0. The summed E-state index contributed by atoms with van der Waals surface area (Å²) in [5.41, 5.74) is 1.67. The van der Waals surface area contributed by atoms with Crippen LogP contribution in [0.4, 0.5) is 5.69 Å². The molecule has 2 heterocycles. The van der Waals surface area contributed by atoms with E-state index in [1.165, 1.54) is 25.0 Å². The van der Waals surface area contributed by atoms with Gasteiger partial charge in [-0.3, -0.25) is 24.7 Å². The van der Waals surface area contributed by atoms with Crippen molar-refractivity contribution in [3.05, 3.63) is 50.4 Å². The number of aromatic nitrogens is 4. The van der Waals surface area contributed by atoms with Gasteiger partial charge >= 0.3 is 0 Å². The highest BCUT2D eigenvalue weighted by atomic mass is 16.6. The molecule has 4 rings (SSSR count). The number of hydrogen-bond acceptors (Lipinski definition) is 5. The second-order valence-electron chi connectivity index (χ2n) is 6.61. The Morgan fingerprint density at radius 2 is 1.92 bits per heavy atom. The van der Waals surface area contributed by atoms with Crippen molar-refractivity contribution in [2.24, 2.45) is 0 Å². The average Bonchev–Trinajstić information content (AvgIpc) is 3.29. The fourth-order valence-corrected chi connectivity index (χ4v) is 3.67. The maximum atomic E-state index is 12.7. The third kappa shape index (κ3) is 2.67. The maximum absolute atomic E-state index is 12.7. The van der Waals surface area contributed by atoms with Gasteiger partial charge in [0.05, 0.1) is 11.0 Å². The molecule has 0 atom stereocenters. The smallest absolute Gasteiger partial charge is 0.284 e. The van der Waals surface area contributed by atoms with Crippen molar-refractivity contribution >= 4 is 5.69 Å². The van der Waals surface area contributed by atoms with Crippen molar-refractivity contribution in [3.8, 4) is 22.8 Å². The van der Waals surface area contributed by atoms with Crippen molar-refractivity contribution < 1.29 is 4.92 Å². The van der Waals surface area contributed by atoms with E-state index in [0.29, 0.717) is 35.2 Å². The lowest BCUT2D eigenvalue weighted by Gasteiger charge is -2.13. The van der Waals surface area contributed by atoms with Gasteiger partial charge in [-0.1, -0.05) is 19.8 Å². The zero-order valence-corrected chi connectivity index (χ0v) is 14.4. The molecule has 1 aromatic carbocycles. The molecule has 3 aliphatic rings. The first-order valence-corrected chi connectivity index (χ1v) is 8.84. The number of aryl methyl sites for hydroxylation is 1. The van der Waals surface area contributed by atoms with Crippen molar-refractivity contribution in [1.29, 1.82) is 0 Å². The monoisotopic (exact) mass is 353 g/mol. The van der Waals surface area contributed by atoms with Crippen LogP contribution in [0.5, 0.6) is 0 Å². The van der Waals surface area contributed by atoms with E-state index in [4.69, 9.17) is 0 Å². The van der Waals surface area contributed by atoms with Gasteiger partial charge in [0.15, 0.2) is 11.6 Å². The van der Waals surface area contributed by atoms with Gasteiger partial charge in [-0.15, -0.1) is 0 Å². The second kappa shape index (κ2) is 6.36. The third-order valence-electron chi connectivity index (χ3n) is 5.02. The molecule has 1 N–H and O–H groups in total. The molecule has 0 bridgehead atoms. The summed E-state index contributed by atoms with van der Waals surface area (Å²) in [6.07, 6.45) is 5.17. The minimum absolute atomic E-state index is 0.00638. The van der Waals surface area contributed by atoms with Gasteiger partial charge < -0.3 is 0 Å². The number of nitrogens with one attached hydrogen (secondary N) is 1. The van der Waals surface area contributed by atoms with Crippen molar-refractivity contribution in [3.63, 3.8) is 0 Å². The van der Waals surface area contributed by atoms with Crippen molar-refractivity contribution in [1.82, 2.24) is 19.7 Å². The summed E-state index contributed by atoms with van der Waals surface area (Å²) in [6, 6.07) is 6.26. The lowest BCUT2D eigenvalue weighted by Crippen LogP contribution is -2.17. The molecule has 2 aliphatic heterocycles. The van der Waals surface area contributed by atoms with Gasteiger partial charge in [-0.05, 0) is 31.4 Å². The molecule has 26 heavy (non-hydrogen) atoms. The predicted molar refractivity (Wildman–Crippen MR) is 96.2 cm³/mol. The Balaban J connectivity index is 1.86. The fraction of sp³-hybridized carbons (Fsp3) is 0.389. The lowest BCUT2D eigenvalue weighted by molar-refractivity contribution is -0.384. The average molecular weight is 353 g/mol. The van der Waals surface area contributed by atoms with E-state index in [9.17, 15) is 14.9 Å². The topological polar surface area (TPSA) is 107 Å². The quantitative estimate of drug-likeness (QED) is 0.572. The van der Waals surface area contributed by atoms with Crippen LogP contribution in [-0.2, 0) is 6.42 Å². The van der Waals surface area contributed by atoms with Crippen LogP contribution in [-0.4, -0.2) is 24.7 Å². The molecule has 134 valence electrons. The summed E-state index contributed by atoms with van der Waals surface area (Å²) in [7, 11) is 0. The molecular formula is C18H19N5O3. The molecule has 0 saturated heterocycles. The molecule has 8 nitrogen and oxygen atoms in total. The number of H-pyrrole nitrogens is 1. The summed E-state index contributed by atoms with van der Waals surface area (Å²) in [5, 5.41) is 14.2. The molecule has 0 aromatic heterocycles. The van der Waals surface area contributed by atoms with Crippen LogP contribution >= 0.6 is 0 Å². The van der Waals surface area contributed by atoms with Gasteiger partial charge in [0.2, 0.25) is 0 Å². The van der Waals surface area contributed by atoms with E-state index in [-0.39, 0.29) is 11.2 Å². The molecule has 8 heteroatoms. The SMILES string of the molecule is CCc1[nH]n(C2CCCC2)c2nc(-c3ccc([N+](=O)[O-])cc3)nc(=O)c1-2. The number of non-ortho nitro benzene ring substituents is 1. The van der Waals surface area contributed by atoms with Gasteiger partial charge in [0.1, 0.15) is 5.56 Å². The first-order valence-electron chi connectivity index (χ1n) is 8.84. The van der Waals surface area contributed by atoms with E-state index < -0.39 is 4.92 Å². The van der Waals surface area contributed by atoms with Crippen LogP contribution < -0.4 is 5.56 Å². The zero-order chi connectivity index (χ0) is 18.3. The minimum atomic E-state index is -0.458. The number of benzene rings is 1. The van der Waals surface area contributed by atoms with Crippen LogP contribution in [0, 0.1) is 10.1 Å². The van der Waals surface area contributed by atoms with Crippen LogP contribution in [0.3, 0.4) is 0 Å². The van der Waals surface area contributed by atoms with E-state index in [0.717, 1.165) is 18.5 Å². The Labute approximate surface area is 149 Å². The third-order valence-corrected chi connectivity index (χ3v) is 5.02. The van der Waals surface area contributed by atoms with Gasteiger partial charge in [-0.2, -0.15) is 4.98 Å². The highest BCUT2D eigenvalue weighted by Gasteiger charge is 2.27. The second-order valence-corrected chi connectivity index (χ2v) is 6.61. The largest absolute Gasteiger partial charge is 0.300 e. The number of fused-ring (bicyclic) bond motifs is 1. The Kier molecular flexibility index (Phi) is 4.02. The summed E-state index contributed by atoms with van der Waals surface area (Å²) in [4.78, 5) is 31.8. The van der Waals surface area contributed by atoms with Crippen LogP contribution in [0.1, 0.15) is 44.3 Å². The molecule has 1 fully saturated rings. The first-order chi connectivity index (χ1) is 12.6. The van der Waals surface area contributed by atoms with Crippen molar-refractivity contribution in [2.45, 2.75) is 45.1 Å². The van der Waals surface area contributed by atoms with E-state index in [1.807, 2.05) is 11.6 Å². The molecule has 1 saturated carbocycles. The summed E-state index contributed by atoms with van der Waals surface area (Å²) in [5.74, 6) is 0.924. The van der Waals surface area contributed by atoms with E-state index in [1.54, 1.807) is 12.1 Å². The molecule has 1 aliphatic carbocycles. The van der Waals surface area contributed by atoms with Gasteiger partial charge in [0.25, 0.3) is 11.2 Å². The summed E-state index contributed by atoms with van der Waals surface area (Å²) < 4.78 is 2.01. The fourth-order valence-electron chi connectivity index (χ4n) is 3.67. The maximum Gasteiger partial charge on any atom is 0.284 e. The molecule has 0 unspecified atom stereocenters. The molecular weight excluding hydrogens is 334 g/mol. The Morgan fingerprint density at radius 3 is 2.54 bits per heavy atom. The van der Waals surface area contributed by atoms with Crippen molar-refractivity contribution in [2.75, 3.05) is 0 Å². The van der Waals surface area contributed by atoms with E-state index in [2.05, 4.69) is 15.1 Å². The number of nitrogens with zero attached hydrogens (tertiary/aromatic N) is 4. The molecule has 1 aromatic rings. The van der Waals surface area contributed by atoms with Gasteiger partial charge in [-0.25, -0.2) is 4.98 Å². The predicted octanol–water partition coefficient (Wildman–Crippen LogP) is 3.32. The first kappa shape index (κ1) is 16.4. The lowest BCUT2D eigenvalue weighted by atomic mass is 10.1. The highest BCUT2D eigenvalue weighted by molar-refractivity contribution is 5.65. The Morgan fingerprint density at radius 1 is 1.23 bits per heavy atom. The Hall–Kier alpha value is -3.03. The van der Waals surface area contributed by atoms with Gasteiger partial charge in [0, 0.05) is 23.4 Å². The zero-order valence-electron chi connectivity index (χ0n) is 14.4. The molecule has 0 radical (unpaired) electrons. The number of aromatic amines is 1. The number of nitro groups is 1. The number of nitro benzene ring substituents is 1. The van der Waals surface area contributed by atoms with Crippen LogP contribution in [0.25, 0.3) is 22.8 Å². The number of hydrogen-bond donors (Lipinski definition) is 1. The highest BCUT2D eigenvalue weighted by Crippen LogP contribution is 2.34. The molecule has 0 spiro atoms. The normalized spacial score (nSPS) is 15.0. The van der Waals surface area contributed by atoms with E-state index >= 15 is 0 Å². The van der Waals surface area contributed by atoms with Crippen LogP contribution in [0.15, 0.2) is 29.1 Å². The number of rotatable bonds is 4.